The van der Waals surface area contributed by atoms with E-state index in [2.05, 4.69) is 20.5 Å². The topological polar surface area (TPSA) is 75.9 Å². The van der Waals surface area contributed by atoms with Crippen LogP contribution in [-0.4, -0.2) is 43.6 Å². The molecule has 142 valence electrons. The average molecular weight is 400 g/mol. The maximum absolute atomic E-state index is 13.2. The highest BCUT2D eigenvalue weighted by atomic mass is 32.1. The van der Waals surface area contributed by atoms with Gasteiger partial charge in [-0.2, -0.15) is 13.2 Å². The fraction of sp³-hybridized carbons (Fsp3) is 0.333. The number of aromatic nitrogens is 4. The van der Waals surface area contributed by atoms with Crippen molar-refractivity contribution in [2.24, 2.45) is 0 Å². The van der Waals surface area contributed by atoms with Gasteiger partial charge in [-0.3, -0.25) is 9.69 Å². The molecule has 3 aromatic rings. The highest BCUT2D eigenvalue weighted by molar-refractivity contribution is 7.22. The molecule has 0 spiro atoms. The van der Waals surface area contributed by atoms with E-state index in [9.17, 15) is 22.4 Å². The van der Waals surface area contributed by atoms with E-state index >= 15 is 0 Å². The van der Waals surface area contributed by atoms with E-state index in [0.29, 0.717) is 15.3 Å². The van der Waals surface area contributed by atoms with Crippen LogP contribution in [0, 0.1) is 5.82 Å². The lowest BCUT2D eigenvalue weighted by Gasteiger charge is -2.27. The molecule has 7 nitrogen and oxygen atoms in total. The zero-order valence-corrected chi connectivity index (χ0v) is 14.4. The van der Waals surface area contributed by atoms with Gasteiger partial charge in [0.05, 0.1) is 23.3 Å². The van der Waals surface area contributed by atoms with Gasteiger partial charge in [-0.15, -0.1) is 10.2 Å². The predicted octanol–water partition coefficient (Wildman–Crippen LogP) is 2.50. The summed E-state index contributed by atoms with van der Waals surface area (Å²) in [4.78, 5) is 18.1. The van der Waals surface area contributed by atoms with E-state index in [1.54, 1.807) is 4.90 Å². The monoisotopic (exact) mass is 400 g/mol. The van der Waals surface area contributed by atoms with Gasteiger partial charge in [0.25, 0.3) is 0 Å². The Morgan fingerprint density at radius 3 is 2.85 bits per heavy atom. The Morgan fingerprint density at radius 1 is 1.26 bits per heavy atom. The predicted molar refractivity (Wildman–Crippen MR) is 88.5 cm³/mol. The third kappa shape index (κ3) is 3.62. The van der Waals surface area contributed by atoms with E-state index in [1.165, 1.54) is 18.2 Å². The van der Waals surface area contributed by atoms with Crippen LogP contribution >= 0.6 is 11.3 Å². The van der Waals surface area contributed by atoms with Crippen LogP contribution in [0.4, 0.5) is 22.7 Å². The van der Waals surface area contributed by atoms with Crippen molar-refractivity contribution in [3.05, 3.63) is 35.7 Å². The summed E-state index contributed by atoms with van der Waals surface area (Å²) in [5.74, 6) is -1.61. The van der Waals surface area contributed by atoms with Crippen molar-refractivity contribution < 1.29 is 22.4 Å². The quantitative estimate of drug-likeness (QED) is 0.684. The number of halogens is 4. The van der Waals surface area contributed by atoms with Crippen LogP contribution in [0.5, 0.6) is 0 Å². The molecule has 1 aromatic carbocycles. The zero-order valence-electron chi connectivity index (χ0n) is 13.6. The molecule has 0 saturated heterocycles. The third-order valence-electron chi connectivity index (χ3n) is 4.05. The molecule has 0 radical (unpaired) electrons. The summed E-state index contributed by atoms with van der Waals surface area (Å²) in [7, 11) is 0. The van der Waals surface area contributed by atoms with Gasteiger partial charge in [0.2, 0.25) is 11.7 Å². The molecule has 1 aliphatic rings. The molecule has 12 heteroatoms. The maximum Gasteiger partial charge on any atom is 0.451 e. The van der Waals surface area contributed by atoms with Gasteiger partial charge in [-0.05, 0) is 18.2 Å². The molecular weight excluding hydrogens is 388 g/mol. The number of fused-ring (bicyclic) bond motifs is 2. The van der Waals surface area contributed by atoms with Crippen LogP contribution in [0.25, 0.3) is 10.2 Å². The first-order valence-electron chi connectivity index (χ1n) is 7.87. The Labute approximate surface area is 153 Å². The molecule has 1 N–H and O–H groups in total. The second-order valence-corrected chi connectivity index (χ2v) is 7.01. The number of rotatable bonds is 3. The number of benzene rings is 1. The highest BCUT2D eigenvalue weighted by Crippen LogP contribution is 2.29. The summed E-state index contributed by atoms with van der Waals surface area (Å²) in [6.07, 6.45) is -4.56. The van der Waals surface area contributed by atoms with Crippen molar-refractivity contribution in [1.29, 1.82) is 0 Å². The molecule has 0 aliphatic carbocycles. The highest BCUT2D eigenvalue weighted by Gasteiger charge is 2.39. The number of nitrogens with one attached hydrogen (secondary N) is 1. The Hall–Kier alpha value is -2.60. The molecular formula is C15H12F4N6OS. The molecule has 0 unspecified atom stereocenters. The molecule has 2 aromatic heterocycles. The summed E-state index contributed by atoms with van der Waals surface area (Å²) < 4.78 is 53.4. The van der Waals surface area contributed by atoms with Gasteiger partial charge in [-0.25, -0.2) is 9.37 Å². The van der Waals surface area contributed by atoms with E-state index in [1.807, 2.05) is 0 Å². The minimum Gasteiger partial charge on any atom is -0.305 e. The number of anilines is 1. The van der Waals surface area contributed by atoms with Crippen molar-refractivity contribution >= 4 is 32.6 Å². The molecule has 0 fully saturated rings. The second kappa shape index (κ2) is 6.53. The molecule has 0 bridgehead atoms. The minimum atomic E-state index is -4.56. The second-order valence-electron chi connectivity index (χ2n) is 5.98. The van der Waals surface area contributed by atoms with E-state index in [-0.39, 0.29) is 43.7 Å². The summed E-state index contributed by atoms with van der Waals surface area (Å²) in [6.45, 7) is 0.359. The number of carbonyl (C=O) groups excluding carboxylic acids is 1. The summed E-state index contributed by atoms with van der Waals surface area (Å²) in [5, 5.41) is 9.75. The lowest BCUT2D eigenvalue weighted by atomic mass is 10.3. The Balaban J connectivity index is 1.41. The molecule has 1 aliphatic heterocycles. The Kier molecular flexibility index (Phi) is 4.30. The lowest BCUT2D eigenvalue weighted by molar-refractivity contribution is -0.148. The lowest BCUT2D eigenvalue weighted by Crippen LogP contribution is -2.39. The van der Waals surface area contributed by atoms with Gasteiger partial charge < -0.3 is 9.88 Å². The van der Waals surface area contributed by atoms with Crippen LogP contribution in [0.1, 0.15) is 11.6 Å². The number of carbonyl (C=O) groups is 1. The van der Waals surface area contributed by atoms with Crippen molar-refractivity contribution in [2.45, 2.75) is 19.3 Å². The zero-order chi connectivity index (χ0) is 19.2. The number of nitrogens with zero attached hydrogens (tertiary/aromatic N) is 5. The van der Waals surface area contributed by atoms with Crippen LogP contribution in [-0.2, 0) is 24.1 Å². The standard InChI is InChI=1S/C15H12F4N6OS/c16-8-1-2-9-10(5-8)27-14(20-9)21-12(26)7-24-3-4-25-11(6-24)22-23-13(25)15(17,18)19/h1-2,5H,3-4,6-7H2,(H,20,21,26). The molecule has 27 heavy (non-hydrogen) atoms. The van der Waals surface area contributed by atoms with Gasteiger partial charge >= 0.3 is 6.18 Å². The van der Waals surface area contributed by atoms with Gasteiger partial charge in [0.1, 0.15) is 11.6 Å². The number of alkyl halides is 3. The van der Waals surface area contributed by atoms with Crippen LogP contribution in [0.2, 0.25) is 0 Å². The van der Waals surface area contributed by atoms with E-state index in [4.69, 9.17) is 0 Å². The van der Waals surface area contributed by atoms with E-state index in [0.717, 1.165) is 15.9 Å². The molecule has 0 atom stereocenters. The maximum atomic E-state index is 13.2. The fourth-order valence-electron chi connectivity index (χ4n) is 2.87. The smallest absolute Gasteiger partial charge is 0.305 e. The Bertz CT molecular complexity index is 1010. The van der Waals surface area contributed by atoms with Crippen LogP contribution in [0.3, 0.4) is 0 Å². The Morgan fingerprint density at radius 2 is 2.07 bits per heavy atom. The summed E-state index contributed by atoms with van der Waals surface area (Å²) >= 11 is 1.14. The largest absolute Gasteiger partial charge is 0.451 e. The van der Waals surface area contributed by atoms with Crippen molar-refractivity contribution in [3.8, 4) is 0 Å². The SMILES string of the molecule is O=C(CN1CCn2c(nnc2C(F)(F)F)C1)Nc1nc2ccc(F)cc2s1. The summed E-state index contributed by atoms with van der Waals surface area (Å²) in [6, 6.07) is 4.14. The molecule has 4 rings (SSSR count). The van der Waals surface area contributed by atoms with Crippen LogP contribution < -0.4 is 5.32 Å². The van der Waals surface area contributed by atoms with E-state index < -0.39 is 12.0 Å². The molecule has 3 heterocycles. The first-order chi connectivity index (χ1) is 12.8. The third-order valence-corrected chi connectivity index (χ3v) is 4.98. The molecule has 0 saturated carbocycles. The number of thiazole rings is 1. The van der Waals surface area contributed by atoms with Crippen molar-refractivity contribution in [3.63, 3.8) is 0 Å². The molecule has 1 amide bonds. The van der Waals surface area contributed by atoms with Crippen molar-refractivity contribution in [1.82, 2.24) is 24.6 Å². The first kappa shape index (κ1) is 17.8. The number of hydrogen-bond donors (Lipinski definition) is 1. The number of amides is 1. The van der Waals surface area contributed by atoms with Gasteiger partial charge in [0.15, 0.2) is 5.13 Å². The van der Waals surface area contributed by atoms with Gasteiger partial charge in [-0.1, -0.05) is 11.3 Å². The number of hydrogen-bond acceptors (Lipinski definition) is 6. The van der Waals surface area contributed by atoms with Gasteiger partial charge in [0, 0.05) is 13.1 Å². The van der Waals surface area contributed by atoms with Crippen molar-refractivity contribution in [2.75, 3.05) is 18.4 Å². The first-order valence-corrected chi connectivity index (χ1v) is 8.69. The minimum absolute atomic E-state index is 0.0293. The fourth-order valence-corrected chi connectivity index (χ4v) is 3.77. The van der Waals surface area contributed by atoms with Crippen LogP contribution in [0.15, 0.2) is 18.2 Å². The normalized spacial score (nSPS) is 15.1. The summed E-state index contributed by atoms with van der Waals surface area (Å²) in [5.41, 5.74) is 0.572. The average Bonchev–Trinajstić information content (AvgIpc) is 3.16.